The van der Waals surface area contributed by atoms with Gasteiger partial charge in [0, 0.05) is 29.7 Å². The molecule has 0 bridgehead atoms. The number of nitrogens with zero attached hydrogens (tertiary/aromatic N) is 2. The second kappa shape index (κ2) is 5.27. The number of esters is 1. The van der Waals surface area contributed by atoms with E-state index in [9.17, 15) is 4.79 Å². The fourth-order valence-electron chi connectivity index (χ4n) is 1.65. The molecule has 5 heteroatoms. The highest BCUT2D eigenvalue weighted by molar-refractivity contribution is 5.99. The normalized spacial score (nSPS) is 9.89. The molecule has 5 nitrogen and oxygen atoms in total. The number of carbonyl (C=O) groups excluding carboxylic acids is 1. The third kappa shape index (κ3) is 2.15. The standard InChI is InChI=1S/C13H12N2O3/c1-17-11-8-15-7-10(12(11)13(16)18-2)9-4-3-5-14-6-9/h3-8H,1-2H3. The Hall–Kier alpha value is -2.43. The number of ether oxygens (including phenoxy) is 2. The third-order valence-electron chi connectivity index (χ3n) is 2.49. The van der Waals surface area contributed by atoms with Crippen molar-refractivity contribution in [3.8, 4) is 16.9 Å². The van der Waals surface area contributed by atoms with Crippen molar-refractivity contribution in [2.75, 3.05) is 14.2 Å². The van der Waals surface area contributed by atoms with Crippen LogP contribution in [-0.2, 0) is 4.74 Å². The van der Waals surface area contributed by atoms with Gasteiger partial charge >= 0.3 is 5.97 Å². The summed E-state index contributed by atoms with van der Waals surface area (Å²) in [5.41, 5.74) is 1.77. The summed E-state index contributed by atoms with van der Waals surface area (Å²) in [7, 11) is 2.81. The molecule has 18 heavy (non-hydrogen) atoms. The zero-order valence-electron chi connectivity index (χ0n) is 10.1. The molecule has 0 atom stereocenters. The van der Waals surface area contributed by atoms with Crippen molar-refractivity contribution in [1.29, 1.82) is 0 Å². The molecule has 0 N–H and O–H groups in total. The molecule has 0 aromatic carbocycles. The van der Waals surface area contributed by atoms with Crippen molar-refractivity contribution < 1.29 is 14.3 Å². The van der Waals surface area contributed by atoms with Crippen LogP contribution in [0.25, 0.3) is 11.1 Å². The second-order valence-corrected chi connectivity index (χ2v) is 3.50. The molecule has 0 amide bonds. The average Bonchev–Trinajstić information content (AvgIpc) is 2.46. The van der Waals surface area contributed by atoms with Crippen LogP contribution in [0.15, 0.2) is 36.9 Å². The Morgan fingerprint density at radius 3 is 2.61 bits per heavy atom. The molecule has 2 aromatic heterocycles. The molecule has 2 aromatic rings. The van der Waals surface area contributed by atoms with Crippen molar-refractivity contribution >= 4 is 5.97 Å². The lowest BCUT2D eigenvalue weighted by atomic mass is 10.0. The summed E-state index contributed by atoms with van der Waals surface area (Å²) in [6, 6.07) is 3.63. The maximum atomic E-state index is 11.8. The molecule has 0 aliphatic carbocycles. The van der Waals surface area contributed by atoms with Crippen LogP contribution >= 0.6 is 0 Å². The van der Waals surface area contributed by atoms with E-state index in [1.807, 2.05) is 6.07 Å². The van der Waals surface area contributed by atoms with Gasteiger partial charge in [-0.15, -0.1) is 0 Å². The minimum absolute atomic E-state index is 0.350. The van der Waals surface area contributed by atoms with Crippen molar-refractivity contribution in [3.05, 3.63) is 42.5 Å². The number of methoxy groups -OCH3 is 2. The average molecular weight is 244 g/mol. The molecule has 2 rings (SSSR count). The van der Waals surface area contributed by atoms with Gasteiger partial charge in [-0.3, -0.25) is 9.97 Å². The second-order valence-electron chi connectivity index (χ2n) is 3.50. The van der Waals surface area contributed by atoms with E-state index in [0.29, 0.717) is 16.9 Å². The van der Waals surface area contributed by atoms with Gasteiger partial charge in [0.15, 0.2) is 5.75 Å². The van der Waals surface area contributed by atoms with Crippen LogP contribution in [0.3, 0.4) is 0 Å². The van der Waals surface area contributed by atoms with Crippen LogP contribution in [-0.4, -0.2) is 30.2 Å². The molecular weight excluding hydrogens is 232 g/mol. The van der Waals surface area contributed by atoms with Gasteiger partial charge in [-0.1, -0.05) is 6.07 Å². The molecule has 92 valence electrons. The molecule has 0 fully saturated rings. The van der Waals surface area contributed by atoms with Gasteiger partial charge in [0.1, 0.15) is 5.56 Å². The van der Waals surface area contributed by atoms with Gasteiger partial charge in [-0.25, -0.2) is 4.79 Å². The minimum Gasteiger partial charge on any atom is -0.494 e. The van der Waals surface area contributed by atoms with E-state index in [0.717, 1.165) is 5.56 Å². The van der Waals surface area contributed by atoms with Gasteiger partial charge in [0.25, 0.3) is 0 Å². The fraction of sp³-hybridized carbons (Fsp3) is 0.154. The number of hydrogen-bond acceptors (Lipinski definition) is 5. The maximum absolute atomic E-state index is 11.8. The summed E-state index contributed by atoms with van der Waals surface area (Å²) < 4.78 is 9.92. The van der Waals surface area contributed by atoms with E-state index >= 15 is 0 Å². The van der Waals surface area contributed by atoms with Crippen LogP contribution in [0.4, 0.5) is 0 Å². The van der Waals surface area contributed by atoms with Gasteiger partial charge in [-0.2, -0.15) is 0 Å². The quantitative estimate of drug-likeness (QED) is 0.772. The SMILES string of the molecule is COC(=O)c1c(OC)cncc1-c1cccnc1. The van der Waals surface area contributed by atoms with Crippen molar-refractivity contribution in [1.82, 2.24) is 9.97 Å². The summed E-state index contributed by atoms with van der Waals surface area (Å²) in [5.74, 6) is -0.0868. The Balaban J connectivity index is 2.64. The molecule has 0 spiro atoms. The lowest BCUT2D eigenvalue weighted by molar-refractivity contribution is 0.0598. The first kappa shape index (κ1) is 12.0. The number of pyridine rings is 2. The van der Waals surface area contributed by atoms with Crippen molar-refractivity contribution in [2.24, 2.45) is 0 Å². The van der Waals surface area contributed by atoms with Gasteiger partial charge in [-0.05, 0) is 6.07 Å². The highest BCUT2D eigenvalue weighted by Crippen LogP contribution is 2.29. The van der Waals surface area contributed by atoms with Crippen molar-refractivity contribution in [3.63, 3.8) is 0 Å². The van der Waals surface area contributed by atoms with Crippen molar-refractivity contribution in [2.45, 2.75) is 0 Å². The lowest BCUT2D eigenvalue weighted by Crippen LogP contribution is -2.07. The van der Waals surface area contributed by atoms with E-state index in [2.05, 4.69) is 9.97 Å². The Morgan fingerprint density at radius 1 is 1.17 bits per heavy atom. The number of aromatic nitrogens is 2. The molecule has 0 saturated heterocycles. The summed E-state index contributed by atoms with van der Waals surface area (Å²) >= 11 is 0. The Morgan fingerprint density at radius 2 is 2.00 bits per heavy atom. The number of rotatable bonds is 3. The first-order valence-electron chi connectivity index (χ1n) is 5.28. The first-order valence-corrected chi connectivity index (χ1v) is 5.28. The summed E-state index contributed by atoms with van der Waals surface area (Å²) in [5, 5.41) is 0. The third-order valence-corrected chi connectivity index (χ3v) is 2.49. The Labute approximate surface area is 104 Å². The molecule has 0 saturated carbocycles. The summed E-state index contributed by atoms with van der Waals surface area (Å²) in [4.78, 5) is 19.9. The lowest BCUT2D eigenvalue weighted by Gasteiger charge is -2.11. The van der Waals surface area contributed by atoms with Crippen LogP contribution in [0, 0.1) is 0 Å². The number of hydrogen-bond donors (Lipinski definition) is 0. The van der Waals surface area contributed by atoms with E-state index in [-0.39, 0.29) is 0 Å². The van der Waals surface area contributed by atoms with Crippen LogP contribution < -0.4 is 4.74 Å². The van der Waals surface area contributed by atoms with E-state index < -0.39 is 5.97 Å². The molecular formula is C13H12N2O3. The summed E-state index contributed by atoms with van der Waals surface area (Å²) in [6.07, 6.45) is 6.38. The smallest absolute Gasteiger partial charge is 0.342 e. The zero-order chi connectivity index (χ0) is 13.0. The van der Waals surface area contributed by atoms with Gasteiger partial charge in [0.2, 0.25) is 0 Å². The van der Waals surface area contributed by atoms with Gasteiger partial charge < -0.3 is 9.47 Å². The van der Waals surface area contributed by atoms with Crippen LogP contribution in [0.5, 0.6) is 5.75 Å². The first-order chi connectivity index (χ1) is 8.77. The fourth-order valence-corrected chi connectivity index (χ4v) is 1.65. The highest BCUT2D eigenvalue weighted by atomic mass is 16.5. The predicted molar refractivity (Wildman–Crippen MR) is 65.4 cm³/mol. The molecule has 0 aliphatic rings. The molecule has 0 radical (unpaired) electrons. The van der Waals surface area contributed by atoms with E-state index in [1.165, 1.54) is 20.4 Å². The zero-order valence-corrected chi connectivity index (χ0v) is 10.1. The predicted octanol–water partition coefficient (Wildman–Crippen LogP) is 1.94. The Bertz CT molecular complexity index is 555. The maximum Gasteiger partial charge on any atom is 0.342 e. The topological polar surface area (TPSA) is 61.3 Å². The minimum atomic E-state index is -0.465. The Kier molecular flexibility index (Phi) is 3.52. The van der Waals surface area contributed by atoms with Crippen LogP contribution in [0.2, 0.25) is 0 Å². The van der Waals surface area contributed by atoms with Crippen LogP contribution in [0.1, 0.15) is 10.4 Å². The molecule has 0 aliphatic heterocycles. The molecule has 2 heterocycles. The highest BCUT2D eigenvalue weighted by Gasteiger charge is 2.19. The largest absolute Gasteiger partial charge is 0.494 e. The monoisotopic (exact) mass is 244 g/mol. The molecule has 0 unspecified atom stereocenters. The van der Waals surface area contributed by atoms with E-state index in [1.54, 1.807) is 24.7 Å². The number of carbonyl (C=O) groups is 1. The van der Waals surface area contributed by atoms with E-state index in [4.69, 9.17) is 9.47 Å². The summed E-state index contributed by atoms with van der Waals surface area (Å²) in [6.45, 7) is 0. The van der Waals surface area contributed by atoms with Gasteiger partial charge in [0.05, 0.1) is 20.4 Å².